The topological polar surface area (TPSA) is 141 Å². The maximum absolute atomic E-state index is 13.6. The largest absolute Gasteiger partial charge is 0.574 e. The molecule has 0 heterocycles. The van der Waals surface area contributed by atoms with Crippen LogP contribution >= 0.6 is 23.2 Å². The van der Waals surface area contributed by atoms with Crippen molar-refractivity contribution in [2.45, 2.75) is 31.2 Å². The average molecular weight is 492 g/mol. The molecule has 0 aliphatic heterocycles. The summed E-state index contributed by atoms with van der Waals surface area (Å²) in [6.45, 7) is 3.69. The minimum atomic E-state index is -5.08. The molecule has 0 aliphatic rings. The summed E-state index contributed by atoms with van der Waals surface area (Å²) in [5.74, 6) is -1.35. The number of rotatable bonds is 4. The molecule has 2 aromatic rings. The number of carbonyl (C=O) groups excluding carboxylic acids is 1. The third-order valence-electron chi connectivity index (χ3n) is 4.18. The molecule has 1 N–H and O–H groups in total. The van der Waals surface area contributed by atoms with Crippen LogP contribution in [0.3, 0.4) is 0 Å². The average Bonchev–Trinajstić information content (AvgIpc) is 2.64. The number of hydrogen-bond donors (Lipinski definition) is 1. The van der Waals surface area contributed by atoms with Crippen molar-refractivity contribution in [3.63, 3.8) is 0 Å². The number of non-ortho nitro benzene ring substituents is 1. The fourth-order valence-electron chi connectivity index (χ4n) is 2.72. The first kappa shape index (κ1) is 24.5. The molecule has 0 radical (unpaired) electrons. The van der Waals surface area contributed by atoms with Crippen LogP contribution in [0, 0.1) is 10.1 Å². The Hall–Kier alpha value is -2.73. The molecule has 10 nitrogen and oxygen atoms in total. The molecule has 1 amide bonds. The molecule has 31 heavy (non-hydrogen) atoms. The standard InChI is InChI=1S/C18H16Cl2N2O8S/c1-18(2,3)22(17(24)25,31(28,29)15-13(19)5-4-6-14(15)20)30-16(23)11-7-9-12(10-8-11)21(26)27/h4-10H,1-3H3/p+1. The Balaban J connectivity index is 2.72. The van der Waals surface area contributed by atoms with Gasteiger partial charge in [-0.15, -0.1) is 0 Å². The van der Waals surface area contributed by atoms with E-state index in [1.807, 2.05) is 0 Å². The zero-order valence-electron chi connectivity index (χ0n) is 16.4. The number of benzene rings is 2. The summed E-state index contributed by atoms with van der Waals surface area (Å²) in [5.41, 5.74) is -2.40. The van der Waals surface area contributed by atoms with Crippen molar-refractivity contribution in [2.24, 2.45) is 0 Å². The molecular formula is C18H17Cl2N2O8S+. The lowest BCUT2D eigenvalue weighted by Crippen LogP contribution is -2.66. The molecule has 0 aliphatic carbocycles. The Morgan fingerprint density at radius 2 is 1.55 bits per heavy atom. The van der Waals surface area contributed by atoms with Crippen LogP contribution in [-0.2, 0) is 14.9 Å². The van der Waals surface area contributed by atoms with Gasteiger partial charge in [0, 0.05) is 12.1 Å². The van der Waals surface area contributed by atoms with Gasteiger partial charge >= 0.3 is 22.1 Å². The number of hydroxylamine groups is 2. The van der Waals surface area contributed by atoms with E-state index in [1.54, 1.807) is 0 Å². The Labute approximate surface area is 187 Å². The number of nitro benzene ring substituents is 1. The van der Waals surface area contributed by atoms with Gasteiger partial charge in [0.25, 0.3) is 5.69 Å². The predicted octanol–water partition coefficient (Wildman–Crippen LogP) is 4.66. The van der Waals surface area contributed by atoms with E-state index in [0.29, 0.717) is 0 Å². The van der Waals surface area contributed by atoms with Crippen molar-refractivity contribution in [1.82, 2.24) is 0 Å². The van der Waals surface area contributed by atoms with Gasteiger partial charge in [-0.3, -0.25) is 10.1 Å². The number of quaternary nitrogens is 1. The lowest BCUT2D eigenvalue weighted by Gasteiger charge is -2.37. The molecule has 0 bridgehead atoms. The van der Waals surface area contributed by atoms with Crippen LogP contribution in [-0.4, -0.2) is 40.1 Å². The van der Waals surface area contributed by atoms with Crippen LogP contribution in [0.25, 0.3) is 0 Å². The van der Waals surface area contributed by atoms with E-state index < -0.39 is 41.5 Å². The summed E-state index contributed by atoms with van der Waals surface area (Å²) >= 11 is 12.0. The highest BCUT2D eigenvalue weighted by Crippen LogP contribution is 2.41. The first-order valence-corrected chi connectivity index (χ1v) is 10.7. The number of halogens is 2. The quantitative estimate of drug-likeness (QED) is 0.369. The van der Waals surface area contributed by atoms with Gasteiger partial charge in [-0.25, -0.2) is 9.63 Å². The monoisotopic (exact) mass is 491 g/mol. The second-order valence-electron chi connectivity index (χ2n) is 7.21. The normalized spacial score (nSPS) is 13.8. The maximum Gasteiger partial charge on any atom is 0.574 e. The number of nitro groups is 1. The van der Waals surface area contributed by atoms with Crippen molar-refractivity contribution < 1.29 is 36.9 Å². The van der Waals surface area contributed by atoms with Crippen molar-refractivity contribution in [3.8, 4) is 0 Å². The van der Waals surface area contributed by atoms with E-state index in [9.17, 15) is 33.2 Å². The Morgan fingerprint density at radius 3 is 1.94 bits per heavy atom. The van der Waals surface area contributed by atoms with Gasteiger partial charge in [0.15, 0.2) is 10.4 Å². The van der Waals surface area contributed by atoms with Crippen molar-refractivity contribution in [3.05, 3.63) is 68.2 Å². The summed E-state index contributed by atoms with van der Waals surface area (Å²) in [7, 11) is -5.08. The number of sulfonamides is 1. The van der Waals surface area contributed by atoms with E-state index in [2.05, 4.69) is 0 Å². The number of carbonyl (C=O) groups is 2. The molecule has 13 heteroatoms. The summed E-state index contributed by atoms with van der Waals surface area (Å²) in [6.07, 6.45) is -2.03. The lowest BCUT2D eigenvalue weighted by atomic mass is 10.1. The molecule has 0 spiro atoms. The molecule has 2 rings (SSSR count). The molecule has 0 aromatic heterocycles. The van der Waals surface area contributed by atoms with Gasteiger partial charge in [-0.05, 0) is 45.0 Å². The highest BCUT2D eigenvalue weighted by atomic mass is 35.5. The molecule has 0 fully saturated rings. The highest BCUT2D eigenvalue weighted by Gasteiger charge is 2.65. The summed E-state index contributed by atoms with van der Waals surface area (Å²) in [5, 5.41) is 20.0. The minimum Gasteiger partial charge on any atom is -0.432 e. The molecule has 2 aromatic carbocycles. The van der Waals surface area contributed by atoms with Gasteiger partial charge in [0.2, 0.25) is 0 Å². The summed E-state index contributed by atoms with van der Waals surface area (Å²) < 4.78 is 24.9. The van der Waals surface area contributed by atoms with Gasteiger partial charge in [-0.1, -0.05) is 29.3 Å². The first-order valence-electron chi connectivity index (χ1n) is 8.47. The van der Waals surface area contributed by atoms with Crippen LogP contribution in [0.2, 0.25) is 10.0 Å². The Kier molecular flexibility index (Phi) is 6.67. The fourth-order valence-corrected chi connectivity index (χ4v) is 5.68. The minimum absolute atomic E-state index is 0.306. The van der Waals surface area contributed by atoms with Crippen molar-refractivity contribution in [2.75, 3.05) is 0 Å². The van der Waals surface area contributed by atoms with Gasteiger partial charge in [0.1, 0.15) is 0 Å². The maximum atomic E-state index is 13.6. The van der Waals surface area contributed by atoms with Gasteiger partial charge in [-0.2, -0.15) is 13.2 Å². The second kappa shape index (κ2) is 8.42. The van der Waals surface area contributed by atoms with Crippen molar-refractivity contribution >= 4 is 51.0 Å². The van der Waals surface area contributed by atoms with Gasteiger partial charge in [0.05, 0.1) is 24.6 Å². The molecule has 1 unspecified atom stereocenters. The molecular weight excluding hydrogens is 475 g/mol. The zero-order chi connectivity index (χ0) is 23.8. The van der Waals surface area contributed by atoms with Crippen LogP contribution in [0.5, 0.6) is 0 Å². The van der Waals surface area contributed by atoms with E-state index in [0.717, 1.165) is 24.3 Å². The summed E-state index contributed by atoms with van der Waals surface area (Å²) in [6, 6.07) is 7.74. The highest BCUT2D eigenvalue weighted by molar-refractivity contribution is 7.86. The summed E-state index contributed by atoms with van der Waals surface area (Å²) in [4.78, 5) is 39.6. The molecule has 166 valence electrons. The fraction of sp³-hybridized carbons (Fsp3) is 0.222. The van der Waals surface area contributed by atoms with E-state index >= 15 is 0 Å². The van der Waals surface area contributed by atoms with Crippen LogP contribution in [0.4, 0.5) is 10.5 Å². The van der Waals surface area contributed by atoms with Crippen LogP contribution < -0.4 is 0 Å². The van der Waals surface area contributed by atoms with Crippen LogP contribution in [0.1, 0.15) is 31.1 Å². The third-order valence-corrected chi connectivity index (χ3v) is 7.44. The number of carboxylic acid groups (broad SMARTS) is 1. The number of hydrogen-bond acceptors (Lipinski definition) is 7. The van der Waals surface area contributed by atoms with E-state index in [4.69, 9.17) is 28.0 Å². The lowest BCUT2D eigenvalue weighted by molar-refractivity contribution is -0.962. The molecule has 0 saturated carbocycles. The first-order chi connectivity index (χ1) is 14.2. The third kappa shape index (κ3) is 4.22. The smallest absolute Gasteiger partial charge is 0.432 e. The van der Waals surface area contributed by atoms with Crippen LogP contribution in [0.15, 0.2) is 47.4 Å². The SMILES string of the molecule is CC(C)(C)[N+](OC(=O)c1ccc([N+](=O)[O-])cc1)(C(=O)O)S(=O)(=O)c1c(Cl)cccc1Cl. The zero-order valence-corrected chi connectivity index (χ0v) is 18.7. The van der Waals surface area contributed by atoms with Gasteiger partial charge < -0.3 is 5.11 Å². The Morgan fingerprint density at radius 1 is 1.06 bits per heavy atom. The number of nitrogens with zero attached hydrogens (tertiary/aromatic N) is 2. The second-order valence-corrected chi connectivity index (χ2v) is 9.90. The predicted molar refractivity (Wildman–Crippen MR) is 110 cm³/mol. The van der Waals surface area contributed by atoms with Crippen molar-refractivity contribution in [1.29, 1.82) is 0 Å². The molecule has 0 saturated heterocycles. The van der Waals surface area contributed by atoms with E-state index in [-0.39, 0.29) is 21.3 Å². The Bertz CT molecular complexity index is 1140. The van der Waals surface area contributed by atoms with E-state index in [1.165, 1.54) is 39.0 Å². The molecule has 1 atom stereocenters. The number of amides is 1.